The predicted octanol–water partition coefficient (Wildman–Crippen LogP) is 0.805. The Morgan fingerprint density at radius 2 is 2.04 bits per heavy atom. The van der Waals surface area contributed by atoms with Gasteiger partial charge in [0.25, 0.3) is 0 Å². The van der Waals surface area contributed by atoms with Gasteiger partial charge in [0.1, 0.15) is 0 Å². The van der Waals surface area contributed by atoms with E-state index in [1.54, 1.807) is 0 Å². The Bertz CT molecular complexity index is 438. The van der Waals surface area contributed by atoms with E-state index in [1.165, 1.54) is 7.11 Å². The van der Waals surface area contributed by atoms with Gasteiger partial charge in [0.15, 0.2) is 5.96 Å². The molecule has 0 amide bonds. The van der Waals surface area contributed by atoms with Crippen molar-refractivity contribution in [1.82, 2.24) is 15.1 Å². The van der Waals surface area contributed by atoms with Crippen LogP contribution in [0.15, 0.2) is 4.99 Å². The van der Waals surface area contributed by atoms with E-state index >= 15 is 0 Å². The molecule has 0 aromatic heterocycles. The largest absolute Gasteiger partial charge is 0.469 e. The van der Waals surface area contributed by atoms with Gasteiger partial charge in [-0.25, -0.2) is 0 Å². The number of guanidine groups is 1. The van der Waals surface area contributed by atoms with Crippen molar-refractivity contribution in [2.45, 2.75) is 26.7 Å². The lowest BCUT2D eigenvalue weighted by atomic mass is 9.99. The summed E-state index contributed by atoms with van der Waals surface area (Å²) in [6.07, 6.45) is 2.24. The number of hydrogen-bond donors (Lipinski definition) is 1. The summed E-state index contributed by atoms with van der Waals surface area (Å²) in [5.74, 6) is 1.04. The molecule has 2 fully saturated rings. The first-order valence-corrected chi connectivity index (χ1v) is 9.56. The first-order chi connectivity index (χ1) is 12.2. The van der Waals surface area contributed by atoms with Crippen LogP contribution in [0.1, 0.15) is 26.7 Å². The third-order valence-corrected chi connectivity index (χ3v) is 5.00. The van der Waals surface area contributed by atoms with Gasteiger partial charge in [0.2, 0.25) is 0 Å². The molecule has 1 N–H and O–H groups in total. The van der Waals surface area contributed by atoms with Gasteiger partial charge in [-0.15, -0.1) is 0 Å². The van der Waals surface area contributed by atoms with Crippen LogP contribution in [0.3, 0.4) is 0 Å². The van der Waals surface area contributed by atoms with Crippen molar-refractivity contribution in [3.63, 3.8) is 0 Å². The molecule has 2 rings (SSSR count). The van der Waals surface area contributed by atoms with E-state index in [9.17, 15) is 4.79 Å². The zero-order chi connectivity index (χ0) is 18.1. The number of rotatable bonds is 7. The Morgan fingerprint density at radius 1 is 1.28 bits per heavy atom. The minimum Gasteiger partial charge on any atom is -0.469 e. The molecule has 7 nitrogen and oxygen atoms in total. The van der Waals surface area contributed by atoms with Gasteiger partial charge in [0, 0.05) is 39.3 Å². The lowest BCUT2D eigenvalue weighted by Crippen LogP contribution is -2.40. The SMILES string of the molecule is CCNC(=NCCCCN1CCOCC1)N1CC(C)C(C(=O)OC)C1. The molecule has 2 heterocycles. The molecule has 0 aromatic rings. The van der Waals surface area contributed by atoms with Crippen molar-refractivity contribution in [2.75, 3.05) is 66.1 Å². The lowest BCUT2D eigenvalue weighted by molar-refractivity contribution is -0.145. The van der Waals surface area contributed by atoms with E-state index in [0.29, 0.717) is 6.54 Å². The number of unbranched alkanes of at least 4 members (excludes halogenated alkanes) is 1. The van der Waals surface area contributed by atoms with E-state index < -0.39 is 0 Å². The fourth-order valence-electron chi connectivity index (χ4n) is 3.48. The molecule has 2 atom stereocenters. The monoisotopic (exact) mass is 354 g/mol. The van der Waals surface area contributed by atoms with Crippen molar-refractivity contribution < 1.29 is 14.3 Å². The number of likely N-dealkylation sites (tertiary alicyclic amines) is 1. The number of morpholine rings is 1. The van der Waals surface area contributed by atoms with Crippen LogP contribution in [0.25, 0.3) is 0 Å². The minimum absolute atomic E-state index is 0.0600. The van der Waals surface area contributed by atoms with E-state index in [2.05, 4.69) is 29.0 Å². The molecule has 0 aliphatic carbocycles. The maximum atomic E-state index is 11.9. The number of ether oxygens (including phenoxy) is 2. The summed E-state index contributed by atoms with van der Waals surface area (Å²) in [6, 6.07) is 0. The zero-order valence-electron chi connectivity index (χ0n) is 16.0. The summed E-state index contributed by atoms with van der Waals surface area (Å²) in [7, 11) is 1.46. The number of carbonyl (C=O) groups excluding carboxylic acids is 1. The third kappa shape index (κ3) is 6.15. The maximum absolute atomic E-state index is 11.9. The Kier molecular flexibility index (Phi) is 8.48. The Labute approximate surface area is 151 Å². The number of aliphatic imine (C=N–C) groups is 1. The van der Waals surface area contributed by atoms with Crippen LogP contribution in [0.5, 0.6) is 0 Å². The second-order valence-corrected chi connectivity index (χ2v) is 6.91. The van der Waals surface area contributed by atoms with E-state index in [0.717, 1.165) is 71.3 Å². The summed E-state index contributed by atoms with van der Waals surface area (Å²) in [6.45, 7) is 12.3. The van der Waals surface area contributed by atoms with Crippen molar-refractivity contribution in [1.29, 1.82) is 0 Å². The van der Waals surface area contributed by atoms with E-state index in [-0.39, 0.29) is 17.8 Å². The number of carbonyl (C=O) groups is 1. The van der Waals surface area contributed by atoms with Gasteiger partial charge in [-0.3, -0.25) is 14.7 Å². The highest BCUT2D eigenvalue weighted by molar-refractivity contribution is 5.82. The maximum Gasteiger partial charge on any atom is 0.310 e. The van der Waals surface area contributed by atoms with Crippen LogP contribution in [0, 0.1) is 11.8 Å². The minimum atomic E-state index is -0.114. The van der Waals surface area contributed by atoms with E-state index in [4.69, 9.17) is 14.5 Å². The number of nitrogens with zero attached hydrogens (tertiary/aromatic N) is 3. The van der Waals surface area contributed by atoms with Gasteiger partial charge in [-0.1, -0.05) is 6.92 Å². The Hall–Kier alpha value is -1.34. The average molecular weight is 354 g/mol. The molecular formula is C18H34N4O3. The molecular weight excluding hydrogens is 320 g/mol. The number of nitrogens with one attached hydrogen (secondary N) is 1. The number of esters is 1. The van der Waals surface area contributed by atoms with Crippen LogP contribution < -0.4 is 5.32 Å². The van der Waals surface area contributed by atoms with Crippen molar-refractivity contribution in [3.8, 4) is 0 Å². The summed E-state index contributed by atoms with van der Waals surface area (Å²) in [5.41, 5.74) is 0. The molecule has 0 radical (unpaired) electrons. The third-order valence-electron chi connectivity index (χ3n) is 5.00. The molecule has 0 aromatic carbocycles. The van der Waals surface area contributed by atoms with Crippen LogP contribution in [-0.4, -0.2) is 87.9 Å². The van der Waals surface area contributed by atoms with Crippen LogP contribution >= 0.6 is 0 Å². The van der Waals surface area contributed by atoms with Crippen LogP contribution in [-0.2, 0) is 14.3 Å². The molecule has 144 valence electrons. The molecule has 0 bridgehead atoms. The summed E-state index contributed by atoms with van der Waals surface area (Å²) in [4.78, 5) is 21.3. The summed E-state index contributed by atoms with van der Waals surface area (Å²) < 4.78 is 10.3. The zero-order valence-corrected chi connectivity index (χ0v) is 16.0. The Morgan fingerprint density at radius 3 is 2.72 bits per heavy atom. The normalized spacial score (nSPS) is 25.2. The predicted molar refractivity (Wildman–Crippen MR) is 98.7 cm³/mol. The first-order valence-electron chi connectivity index (χ1n) is 9.56. The van der Waals surface area contributed by atoms with Crippen molar-refractivity contribution in [2.24, 2.45) is 16.8 Å². The molecule has 0 spiro atoms. The van der Waals surface area contributed by atoms with Crippen LogP contribution in [0.2, 0.25) is 0 Å². The van der Waals surface area contributed by atoms with Crippen LogP contribution in [0.4, 0.5) is 0 Å². The lowest BCUT2D eigenvalue weighted by Gasteiger charge is -2.26. The average Bonchev–Trinajstić information content (AvgIpc) is 3.02. The molecule has 0 saturated carbocycles. The van der Waals surface area contributed by atoms with E-state index in [1.807, 2.05) is 0 Å². The smallest absolute Gasteiger partial charge is 0.310 e. The molecule has 7 heteroatoms. The first kappa shape index (κ1) is 20.0. The highest BCUT2D eigenvalue weighted by atomic mass is 16.5. The quantitative estimate of drug-likeness (QED) is 0.316. The molecule has 2 aliphatic rings. The highest BCUT2D eigenvalue weighted by Gasteiger charge is 2.36. The number of hydrogen-bond acceptors (Lipinski definition) is 5. The molecule has 2 unspecified atom stereocenters. The van der Waals surface area contributed by atoms with Gasteiger partial charge < -0.3 is 19.7 Å². The Balaban J connectivity index is 1.77. The second-order valence-electron chi connectivity index (χ2n) is 6.91. The van der Waals surface area contributed by atoms with Crippen molar-refractivity contribution in [3.05, 3.63) is 0 Å². The van der Waals surface area contributed by atoms with Gasteiger partial charge in [-0.2, -0.15) is 0 Å². The molecule has 25 heavy (non-hydrogen) atoms. The number of methoxy groups -OCH3 is 1. The van der Waals surface area contributed by atoms with Crippen molar-refractivity contribution >= 4 is 11.9 Å². The second kappa shape index (κ2) is 10.6. The summed E-state index contributed by atoms with van der Waals surface area (Å²) in [5, 5.41) is 3.36. The fraction of sp³-hybridized carbons (Fsp3) is 0.889. The molecule has 2 saturated heterocycles. The van der Waals surface area contributed by atoms with Gasteiger partial charge >= 0.3 is 5.97 Å². The standard InChI is InChI=1S/C18H34N4O3/c1-4-19-18(22-13-15(2)16(14-22)17(23)24-3)20-7-5-6-8-21-9-11-25-12-10-21/h15-16H,4-14H2,1-3H3,(H,19,20). The highest BCUT2D eigenvalue weighted by Crippen LogP contribution is 2.24. The molecule has 2 aliphatic heterocycles. The topological polar surface area (TPSA) is 66.4 Å². The van der Waals surface area contributed by atoms with Gasteiger partial charge in [0.05, 0.1) is 26.2 Å². The fourth-order valence-corrected chi connectivity index (χ4v) is 3.48. The van der Waals surface area contributed by atoms with Gasteiger partial charge in [-0.05, 0) is 32.2 Å². The summed E-state index contributed by atoms with van der Waals surface area (Å²) >= 11 is 0.